The standard InChI is InChI=1S/C44H54O11/c1-45-37-36(54-43(48-4)41(47-3)39(37)46-2)30-53-44-42(52-28-34-23-15-8-16-24-34)40(51-27-33-21-13-7-14-22-33)38(50-26-32-19-11-6-12-20-32)35(55-44)29-49-25-31-17-9-5-10-18-31/h5-24,35-44H,25-30H2,1-4H3/t35-,36+,37+,38-,39-,40+,41+,42+,43-,44+/m0/s1. The van der Waals surface area contributed by atoms with E-state index in [2.05, 4.69) is 0 Å². The summed E-state index contributed by atoms with van der Waals surface area (Å²) in [6.45, 7) is 1.59. The van der Waals surface area contributed by atoms with E-state index in [0.717, 1.165) is 22.3 Å². The molecule has 0 bridgehead atoms. The highest BCUT2D eigenvalue weighted by molar-refractivity contribution is 5.16. The molecule has 55 heavy (non-hydrogen) atoms. The molecule has 0 spiro atoms. The fourth-order valence-corrected chi connectivity index (χ4v) is 7.07. The van der Waals surface area contributed by atoms with E-state index in [-0.39, 0.29) is 19.8 Å². The molecule has 2 aliphatic rings. The summed E-state index contributed by atoms with van der Waals surface area (Å²) in [5.74, 6) is 0. The molecule has 11 nitrogen and oxygen atoms in total. The Hall–Kier alpha value is -3.56. The van der Waals surface area contributed by atoms with Crippen molar-refractivity contribution in [2.75, 3.05) is 41.7 Å². The van der Waals surface area contributed by atoms with Gasteiger partial charge in [-0.1, -0.05) is 121 Å². The summed E-state index contributed by atoms with van der Waals surface area (Å²) in [5.41, 5.74) is 4.06. The zero-order valence-electron chi connectivity index (χ0n) is 32.1. The van der Waals surface area contributed by atoms with Crippen molar-refractivity contribution in [1.29, 1.82) is 0 Å². The quantitative estimate of drug-likeness (QED) is 0.104. The van der Waals surface area contributed by atoms with Gasteiger partial charge in [0.05, 0.1) is 39.6 Å². The first-order valence-corrected chi connectivity index (χ1v) is 18.7. The Balaban J connectivity index is 1.31. The van der Waals surface area contributed by atoms with Crippen LogP contribution in [0.3, 0.4) is 0 Å². The molecule has 4 aromatic carbocycles. The van der Waals surface area contributed by atoms with E-state index in [1.165, 1.54) is 0 Å². The molecule has 2 heterocycles. The van der Waals surface area contributed by atoms with Gasteiger partial charge < -0.3 is 52.1 Å². The fourth-order valence-electron chi connectivity index (χ4n) is 7.07. The molecule has 0 aromatic heterocycles. The van der Waals surface area contributed by atoms with Gasteiger partial charge in [-0.2, -0.15) is 0 Å². The van der Waals surface area contributed by atoms with Crippen LogP contribution in [0, 0.1) is 0 Å². The number of hydrogen-bond acceptors (Lipinski definition) is 11. The Morgan fingerprint density at radius 1 is 0.364 bits per heavy atom. The maximum atomic E-state index is 6.86. The number of benzene rings is 4. The number of methoxy groups -OCH3 is 4. The number of ether oxygens (including phenoxy) is 11. The Morgan fingerprint density at radius 3 is 1.25 bits per heavy atom. The second-order valence-corrected chi connectivity index (χ2v) is 13.5. The average Bonchev–Trinajstić information content (AvgIpc) is 3.24. The Morgan fingerprint density at radius 2 is 0.782 bits per heavy atom. The summed E-state index contributed by atoms with van der Waals surface area (Å²) in [5, 5.41) is 0. The molecule has 0 saturated carbocycles. The predicted molar refractivity (Wildman–Crippen MR) is 204 cm³/mol. The third-order valence-corrected chi connectivity index (χ3v) is 9.91. The molecule has 2 fully saturated rings. The molecule has 0 aliphatic carbocycles. The Bertz CT molecular complexity index is 1620. The van der Waals surface area contributed by atoms with Crippen molar-refractivity contribution in [2.45, 2.75) is 87.8 Å². The molecule has 6 rings (SSSR count). The zero-order valence-corrected chi connectivity index (χ0v) is 32.1. The first-order chi connectivity index (χ1) is 27.1. The molecule has 11 heteroatoms. The first kappa shape index (κ1) is 41.1. The van der Waals surface area contributed by atoms with Crippen LogP contribution in [0.1, 0.15) is 22.3 Å². The van der Waals surface area contributed by atoms with Crippen LogP contribution in [0.5, 0.6) is 0 Å². The van der Waals surface area contributed by atoms with Gasteiger partial charge in [0.15, 0.2) is 12.6 Å². The Labute approximate surface area is 324 Å². The maximum Gasteiger partial charge on any atom is 0.187 e. The first-order valence-electron chi connectivity index (χ1n) is 18.7. The monoisotopic (exact) mass is 758 g/mol. The zero-order chi connectivity index (χ0) is 38.2. The van der Waals surface area contributed by atoms with E-state index in [1.807, 2.05) is 121 Å². The van der Waals surface area contributed by atoms with Crippen LogP contribution < -0.4 is 0 Å². The van der Waals surface area contributed by atoms with Crippen molar-refractivity contribution < 1.29 is 52.1 Å². The molecule has 0 amide bonds. The van der Waals surface area contributed by atoms with Gasteiger partial charge in [0, 0.05) is 28.4 Å². The van der Waals surface area contributed by atoms with E-state index in [1.54, 1.807) is 28.4 Å². The second-order valence-electron chi connectivity index (χ2n) is 13.5. The van der Waals surface area contributed by atoms with Crippen molar-refractivity contribution in [1.82, 2.24) is 0 Å². The summed E-state index contributed by atoms with van der Waals surface area (Å²) in [7, 11) is 6.38. The molecule has 10 atom stereocenters. The summed E-state index contributed by atoms with van der Waals surface area (Å²) in [4.78, 5) is 0. The van der Waals surface area contributed by atoms with Gasteiger partial charge >= 0.3 is 0 Å². The predicted octanol–water partition coefficient (Wildman–Crippen LogP) is 6.12. The van der Waals surface area contributed by atoms with Gasteiger partial charge in [-0.05, 0) is 22.3 Å². The van der Waals surface area contributed by atoms with Crippen molar-refractivity contribution >= 4 is 0 Å². The molecule has 0 radical (unpaired) electrons. The largest absolute Gasteiger partial charge is 0.376 e. The lowest BCUT2D eigenvalue weighted by Crippen LogP contribution is -2.63. The van der Waals surface area contributed by atoms with Crippen LogP contribution in [-0.2, 0) is 78.5 Å². The summed E-state index contributed by atoms with van der Waals surface area (Å²) in [6, 6.07) is 40.1. The van der Waals surface area contributed by atoms with E-state index in [0.29, 0.717) is 19.8 Å². The minimum atomic E-state index is -0.922. The Kier molecular flexibility index (Phi) is 16.2. The maximum absolute atomic E-state index is 6.86. The highest BCUT2D eigenvalue weighted by Crippen LogP contribution is 2.33. The van der Waals surface area contributed by atoms with Crippen LogP contribution in [0.4, 0.5) is 0 Å². The van der Waals surface area contributed by atoms with Crippen molar-refractivity contribution in [3.05, 3.63) is 144 Å². The van der Waals surface area contributed by atoms with Crippen LogP contribution in [0.25, 0.3) is 0 Å². The van der Waals surface area contributed by atoms with Gasteiger partial charge in [0.25, 0.3) is 0 Å². The smallest absolute Gasteiger partial charge is 0.187 e. The van der Waals surface area contributed by atoms with Crippen molar-refractivity contribution in [2.24, 2.45) is 0 Å². The van der Waals surface area contributed by atoms with E-state index in [4.69, 9.17) is 52.1 Å². The molecular weight excluding hydrogens is 704 g/mol. The van der Waals surface area contributed by atoms with Crippen LogP contribution in [0.15, 0.2) is 121 Å². The molecule has 2 aliphatic heterocycles. The summed E-state index contributed by atoms with van der Waals surface area (Å²) >= 11 is 0. The second kappa shape index (κ2) is 21.7. The van der Waals surface area contributed by atoms with Gasteiger partial charge in [0.2, 0.25) is 0 Å². The van der Waals surface area contributed by atoms with Crippen LogP contribution in [0.2, 0.25) is 0 Å². The van der Waals surface area contributed by atoms with Gasteiger partial charge in [-0.15, -0.1) is 0 Å². The molecule has 0 N–H and O–H groups in total. The highest BCUT2D eigenvalue weighted by Gasteiger charge is 2.51. The summed E-state index contributed by atoms with van der Waals surface area (Å²) < 4.78 is 69.8. The molecule has 2 saturated heterocycles. The van der Waals surface area contributed by atoms with E-state index >= 15 is 0 Å². The molecule has 0 unspecified atom stereocenters. The highest BCUT2D eigenvalue weighted by atomic mass is 16.7. The van der Waals surface area contributed by atoms with Gasteiger partial charge in [-0.25, -0.2) is 0 Å². The SMILES string of the molecule is CO[C@H]1O[C@H](CO[C@@H]2O[C@@H](COCc3ccccc3)[C@H](OCc3ccccc3)[C@@H](OCc3ccccc3)[C@H]2OCc2ccccc2)[C@@H](OC)[C@H](OC)[C@H]1OC. The lowest BCUT2D eigenvalue weighted by molar-refractivity contribution is -0.346. The molecule has 296 valence electrons. The van der Waals surface area contributed by atoms with Gasteiger partial charge in [0.1, 0.15) is 48.8 Å². The molecule has 4 aromatic rings. The average molecular weight is 759 g/mol. The fraction of sp³-hybridized carbons (Fsp3) is 0.455. The van der Waals surface area contributed by atoms with Crippen LogP contribution in [-0.4, -0.2) is 103 Å². The van der Waals surface area contributed by atoms with Gasteiger partial charge in [-0.3, -0.25) is 0 Å². The minimum Gasteiger partial charge on any atom is -0.376 e. The normalized spacial score (nSPS) is 28.2. The summed E-state index contributed by atoms with van der Waals surface area (Å²) in [6.07, 6.45) is -6.36. The number of rotatable bonds is 20. The number of hydrogen-bond donors (Lipinski definition) is 0. The van der Waals surface area contributed by atoms with E-state index < -0.39 is 61.4 Å². The third-order valence-electron chi connectivity index (χ3n) is 9.91. The third kappa shape index (κ3) is 11.3. The molecular formula is C44H54O11. The van der Waals surface area contributed by atoms with Crippen molar-refractivity contribution in [3.8, 4) is 0 Å². The van der Waals surface area contributed by atoms with E-state index in [9.17, 15) is 0 Å². The van der Waals surface area contributed by atoms with Crippen molar-refractivity contribution in [3.63, 3.8) is 0 Å². The lowest BCUT2D eigenvalue weighted by atomic mass is 9.97. The minimum absolute atomic E-state index is 0.0586. The lowest BCUT2D eigenvalue weighted by Gasteiger charge is -2.47. The van der Waals surface area contributed by atoms with Crippen LogP contribution >= 0.6 is 0 Å². The topological polar surface area (TPSA) is 102 Å².